The molecule has 0 spiro atoms. The number of rotatable bonds is 6. The van der Waals surface area contributed by atoms with Crippen LogP contribution in [-0.4, -0.2) is 20.1 Å². The first-order chi connectivity index (χ1) is 13.1. The van der Waals surface area contributed by atoms with Crippen LogP contribution in [-0.2, 0) is 0 Å². The van der Waals surface area contributed by atoms with Gasteiger partial charge in [-0.1, -0.05) is 11.6 Å². The molecule has 5 nitrogen and oxygen atoms in total. The van der Waals surface area contributed by atoms with Crippen molar-refractivity contribution in [3.8, 4) is 11.5 Å². The third-order valence-corrected chi connectivity index (χ3v) is 4.23. The zero-order chi connectivity index (χ0) is 19.2. The number of amides is 1. The highest BCUT2D eigenvalue weighted by atomic mass is 35.5. The lowest BCUT2D eigenvalue weighted by Gasteiger charge is -2.10. The number of nitrogens with one attached hydrogen (secondary N) is 2. The predicted octanol–water partition coefficient (Wildman–Crippen LogP) is 5.35. The molecule has 1 amide bonds. The zero-order valence-corrected chi connectivity index (χ0v) is 15.7. The summed E-state index contributed by atoms with van der Waals surface area (Å²) < 4.78 is 10.2. The summed E-state index contributed by atoms with van der Waals surface area (Å²) >= 11 is 6.14. The van der Waals surface area contributed by atoms with E-state index in [2.05, 4.69) is 10.6 Å². The van der Waals surface area contributed by atoms with Crippen molar-refractivity contribution < 1.29 is 14.3 Å². The lowest BCUT2D eigenvalue weighted by molar-refractivity contribution is 0.102. The standard InChI is InChI=1S/C21H19ClN2O3/c1-26-18-10-3-14(4-11-18)21(25)24-16-7-5-15(6-8-16)23-17-9-12-20(27-2)19(22)13-17/h3-13,23H,1-2H3,(H,24,25). The first-order valence-electron chi connectivity index (χ1n) is 8.25. The number of halogens is 1. The van der Waals surface area contributed by atoms with Crippen molar-refractivity contribution in [1.82, 2.24) is 0 Å². The molecule has 0 heterocycles. The van der Waals surface area contributed by atoms with E-state index in [0.717, 1.165) is 11.4 Å². The summed E-state index contributed by atoms with van der Waals surface area (Å²) in [7, 11) is 3.16. The lowest BCUT2D eigenvalue weighted by atomic mass is 10.2. The van der Waals surface area contributed by atoms with E-state index in [9.17, 15) is 4.79 Å². The Kier molecular flexibility index (Phi) is 5.84. The average Bonchev–Trinajstić information content (AvgIpc) is 2.69. The molecule has 0 atom stereocenters. The maximum absolute atomic E-state index is 12.3. The van der Waals surface area contributed by atoms with Gasteiger partial charge in [-0.05, 0) is 66.7 Å². The highest BCUT2D eigenvalue weighted by Crippen LogP contribution is 2.29. The van der Waals surface area contributed by atoms with Gasteiger partial charge >= 0.3 is 0 Å². The lowest BCUT2D eigenvalue weighted by Crippen LogP contribution is -2.11. The number of carbonyl (C=O) groups is 1. The third kappa shape index (κ3) is 4.71. The first kappa shape index (κ1) is 18.6. The van der Waals surface area contributed by atoms with Crippen molar-refractivity contribution in [2.24, 2.45) is 0 Å². The average molecular weight is 383 g/mol. The number of hydrogen-bond donors (Lipinski definition) is 2. The second kappa shape index (κ2) is 8.47. The van der Waals surface area contributed by atoms with E-state index in [1.807, 2.05) is 30.3 Å². The number of benzene rings is 3. The molecule has 0 aliphatic rings. The third-order valence-electron chi connectivity index (χ3n) is 3.94. The van der Waals surface area contributed by atoms with Crippen LogP contribution in [0.25, 0.3) is 0 Å². The molecule has 3 aromatic rings. The molecule has 0 fully saturated rings. The van der Waals surface area contributed by atoms with E-state index in [-0.39, 0.29) is 5.91 Å². The van der Waals surface area contributed by atoms with Gasteiger partial charge < -0.3 is 20.1 Å². The molecule has 27 heavy (non-hydrogen) atoms. The van der Waals surface area contributed by atoms with Gasteiger partial charge in [0.05, 0.1) is 19.2 Å². The van der Waals surface area contributed by atoms with Crippen LogP contribution in [0.2, 0.25) is 5.02 Å². The van der Waals surface area contributed by atoms with Gasteiger partial charge in [-0.2, -0.15) is 0 Å². The Bertz CT molecular complexity index is 925. The minimum Gasteiger partial charge on any atom is -0.497 e. The Labute approximate surface area is 162 Å². The smallest absolute Gasteiger partial charge is 0.255 e. The van der Waals surface area contributed by atoms with Crippen LogP contribution in [0.5, 0.6) is 11.5 Å². The number of methoxy groups -OCH3 is 2. The van der Waals surface area contributed by atoms with Gasteiger partial charge in [0.15, 0.2) is 0 Å². The van der Waals surface area contributed by atoms with Crippen LogP contribution in [0, 0.1) is 0 Å². The van der Waals surface area contributed by atoms with Gasteiger partial charge in [-0.15, -0.1) is 0 Å². The Morgan fingerprint density at radius 1 is 0.815 bits per heavy atom. The fraction of sp³-hybridized carbons (Fsp3) is 0.0952. The second-order valence-electron chi connectivity index (χ2n) is 5.73. The molecule has 0 saturated carbocycles. The second-order valence-corrected chi connectivity index (χ2v) is 6.14. The van der Waals surface area contributed by atoms with Gasteiger partial charge in [0.25, 0.3) is 5.91 Å². The van der Waals surface area contributed by atoms with Crippen molar-refractivity contribution in [2.75, 3.05) is 24.9 Å². The minimum absolute atomic E-state index is 0.180. The van der Waals surface area contributed by atoms with E-state index >= 15 is 0 Å². The molecule has 0 unspecified atom stereocenters. The predicted molar refractivity (Wildman–Crippen MR) is 109 cm³/mol. The number of ether oxygens (including phenoxy) is 2. The van der Waals surface area contributed by atoms with Crippen molar-refractivity contribution in [1.29, 1.82) is 0 Å². The monoisotopic (exact) mass is 382 g/mol. The normalized spacial score (nSPS) is 10.2. The Morgan fingerprint density at radius 3 is 2.04 bits per heavy atom. The molecule has 0 saturated heterocycles. The van der Waals surface area contributed by atoms with Crippen molar-refractivity contribution >= 4 is 34.6 Å². The topological polar surface area (TPSA) is 59.6 Å². The SMILES string of the molecule is COc1ccc(C(=O)Nc2ccc(Nc3ccc(OC)c(Cl)c3)cc2)cc1. The molecule has 0 radical (unpaired) electrons. The summed E-state index contributed by atoms with van der Waals surface area (Å²) in [4.78, 5) is 12.3. The summed E-state index contributed by atoms with van der Waals surface area (Å²) in [6.45, 7) is 0. The van der Waals surface area contributed by atoms with Gasteiger partial charge in [0.1, 0.15) is 11.5 Å². The first-order valence-corrected chi connectivity index (χ1v) is 8.63. The molecule has 6 heteroatoms. The molecular formula is C21H19ClN2O3. The summed E-state index contributed by atoms with van der Waals surface area (Å²) in [5, 5.41) is 6.65. The maximum atomic E-state index is 12.3. The molecule has 0 aromatic heterocycles. The molecule has 3 rings (SSSR count). The fourth-order valence-corrected chi connectivity index (χ4v) is 2.75. The zero-order valence-electron chi connectivity index (χ0n) is 15.0. The molecule has 0 aliphatic carbocycles. The minimum atomic E-state index is -0.180. The van der Waals surface area contributed by atoms with Crippen LogP contribution in [0.4, 0.5) is 17.1 Å². The van der Waals surface area contributed by atoms with Gasteiger partial charge in [0.2, 0.25) is 0 Å². The molecule has 0 bridgehead atoms. The Hall–Kier alpha value is -3.18. The van der Waals surface area contributed by atoms with Crippen molar-refractivity contribution in [2.45, 2.75) is 0 Å². The van der Waals surface area contributed by atoms with Gasteiger partial charge in [0, 0.05) is 22.6 Å². The highest BCUT2D eigenvalue weighted by Gasteiger charge is 2.07. The van der Waals surface area contributed by atoms with E-state index in [1.165, 1.54) is 0 Å². The van der Waals surface area contributed by atoms with Gasteiger partial charge in [-0.3, -0.25) is 4.79 Å². The number of hydrogen-bond acceptors (Lipinski definition) is 4. The van der Waals surface area contributed by atoms with Crippen LogP contribution in [0.15, 0.2) is 66.7 Å². The Morgan fingerprint density at radius 2 is 1.44 bits per heavy atom. The van der Waals surface area contributed by atoms with Crippen LogP contribution in [0.1, 0.15) is 10.4 Å². The number of carbonyl (C=O) groups excluding carboxylic acids is 1. The quantitative estimate of drug-likeness (QED) is 0.603. The van der Waals surface area contributed by atoms with Crippen LogP contribution in [0.3, 0.4) is 0 Å². The molecule has 2 N–H and O–H groups in total. The summed E-state index contributed by atoms with van der Waals surface area (Å²) in [5.41, 5.74) is 2.98. The largest absolute Gasteiger partial charge is 0.497 e. The Balaban J connectivity index is 1.64. The fourth-order valence-electron chi connectivity index (χ4n) is 2.49. The summed E-state index contributed by atoms with van der Waals surface area (Å²) in [6, 6.07) is 19.8. The summed E-state index contributed by atoms with van der Waals surface area (Å²) in [5.74, 6) is 1.15. The van der Waals surface area contributed by atoms with E-state index in [0.29, 0.717) is 27.8 Å². The van der Waals surface area contributed by atoms with Crippen LogP contribution < -0.4 is 20.1 Å². The highest BCUT2D eigenvalue weighted by molar-refractivity contribution is 6.32. The molecule has 138 valence electrons. The van der Waals surface area contributed by atoms with E-state index in [4.69, 9.17) is 21.1 Å². The molecule has 3 aromatic carbocycles. The molecule has 0 aliphatic heterocycles. The van der Waals surface area contributed by atoms with E-state index in [1.54, 1.807) is 50.6 Å². The van der Waals surface area contributed by atoms with Crippen molar-refractivity contribution in [3.63, 3.8) is 0 Å². The molecular weight excluding hydrogens is 364 g/mol. The van der Waals surface area contributed by atoms with Gasteiger partial charge in [-0.25, -0.2) is 0 Å². The summed E-state index contributed by atoms with van der Waals surface area (Å²) in [6.07, 6.45) is 0. The number of anilines is 3. The van der Waals surface area contributed by atoms with Crippen molar-refractivity contribution in [3.05, 3.63) is 77.3 Å². The maximum Gasteiger partial charge on any atom is 0.255 e. The van der Waals surface area contributed by atoms with E-state index < -0.39 is 0 Å². The van der Waals surface area contributed by atoms with Crippen LogP contribution >= 0.6 is 11.6 Å².